The predicted octanol–water partition coefficient (Wildman–Crippen LogP) is 3.77. The average molecular weight is 452 g/mol. The van der Waals surface area contributed by atoms with Crippen LogP contribution in [-0.2, 0) is 13.0 Å². The van der Waals surface area contributed by atoms with Crippen molar-refractivity contribution in [3.05, 3.63) is 63.1 Å². The molecule has 3 heterocycles. The van der Waals surface area contributed by atoms with E-state index in [-0.39, 0.29) is 16.9 Å². The van der Waals surface area contributed by atoms with Gasteiger partial charge in [0.2, 0.25) is 0 Å². The molecule has 1 aromatic carbocycles. The molecule has 6 heteroatoms. The van der Waals surface area contributed by atoms with Crippen LogP contribution < -0.4 is 15.5 Å². The summed E-state index contributed by atoms with van der Waals surface area (Å²) in [7, 11) is 1.66. The molecule has 33 heavy (non-hydrogen) atoms. The van der Waals surface area contributed by atoms with Crippen molar-refractivity contribution in [2.24, 2.45) is 5.92 Å². The first kappa shape index (κ1) is 23.6. The normalized spacial score (nSPS) is 20.8. The van der Waals surface area contributed by atoms with Crippen LogP contribution in [0.3, 0.4) is 0 Å². The van der Waals surface area contributed by atoms with Gasteiger partial charge >= 0.3 is 0 Å². The van der Waals surface area contributed by atoms with Crippen LogP contribution in [0.15, 0.2) is 35.1 Å². The summed E-state index contributed by atoms with van der Waals surface area (Å²) in [6.45, 7) is 7.49. The largest absolute Gasteiger partial charge is 0.496 e. The second kappa shape index (κ2) is 10.6. The molecular formula is C27H37N3O3. The smallest absolute Gasteiger partial charge is 0.257 e. The molecule has 0 unspecified atom stereocenters. The molecule has 2 atom stereocenters. The fourth-order valence-electron chi connectivity index (χ4n) is 5.79. The molecule has 0 spiro atoms. The number of amides is 1. The summed E-state index contributed by atoms with van der Waals surface area (Å²) < 4.78 is 7.60. The monoisotopic (exact) mass is 451 g/mol. The first-order chi connectivity index (χ1) is 16.0. The van der Waals surface area contributed by atoms with Crippen molar-refractivity contribution in [3.8, 4) is 5.75 Å². The Morgan fingerprint density at radius 3 is 2.73 bits per heavy atom. The molecule has 0 bridgehead atoms. The third kappa shape index (κ3) is 5.01. The number of hydrogen-bond acceptors (Lipinski definition) is 4. The second-order valence-electron chi connectivity index (χ2n) is 9.43. The zero-order valence-electron chi connectivity index (χ0n) is 20.2. The number of methoxy groups -OCH3 is 1. The van der Waals surface area contributed by atoms with E-state index in [9.17, 15) is 9.59 Å². The van der Waals surface area contributed by atoms with Crippen LogP contribution in [0, 0.1) is 12.8 Å². The van der Waals surface area contributed by atoms with Gasteiger partial charge in [-0.05, 0) is 64.1 Å². The van der Waals surface area contributed by atoms with Gasteiger partial charge in [0.25, 0.3) is 5.91 Å². The topological polar surface area (TPSA) is 63.6 Å². The van der Waals surface area contributed by atoms with Crippen molar-refractivity contribution in [2.45, 2.75) is 65.0 Å². The van der Waals surface area contributed by atoms with E-state index in [1.54, 1.807) is 13.2 Å². The lowest BCUT2D eigenvalue weighted by Gasteiger charge is -2.44. The number of rotatable bonds is 7. The van der Waals surface area contributed by atoms with Gasteiger partial charge < -0.3 is 19.5 Å². The number of nitrogens with one attached hydrogen (secondary N) is 1. The Labute approximate surface area is 196 Å². The first-order valence-corrected chi connectivity index (χ1v) is 12.4. The van der Waals surface area contributed by atoms with E-state index in [2.05, 4.69) is 14.8 Å². The Morgan fingerprint density at radius 1 is 1.15 bits per heavy atom. The van der Waals surface area contributed by atoms with E-state index in [1.807, 2.05) is 38.1 Å². The minimum atomic E-state index is -0.237. The van der Waals surface area contributed by atoms with Crippen LogP contribution in [0.25, 0.3) is 0 Å². The number of hydrogen-bond donors (Lipinski definition) is 1. The lowest BCUT2D eigenvalue weighted by molar-refractivity contribution is 0.0575. The zero-order valence-corrected chi connectivity index (χ0v) is 20.2. The fraction of sp³-hybridized carbons (Fsp3) is 0.556. The standard InChI is InChI=1S/C27H37N3O3/c1-4-22-26(27(32)28-17-20-11-9-15-29-14-8-7-12-23(20)29)24(31)16-19(2)30(22)18-21-10-5-6-13-25(21)33-3/h5-6,10,13,16,20,23H,4,7-9,11-12,14-15,17-18H2,1-3H3,(H,28,32)/t20-,23+/m0/s1. The van der Waals surface area contributed by atoms with Gasteiger partial charge in [0, 0.05) is 35.6 Å². The van der Waals surface area contributed by atoms with E-state index >= 15 is 0 Å². The van der Waals surface area contributed by atoms with Crippen molar-refractivity contribution >= 4 is 5.91 Å². The van der Waals surface area contributed by atoms with Crippen LogP contribution >= 0.6 is 0 Å². The summed E-state index contributed by atoms with van der Waals surface area (Å²) >= 11 is 0. The maximum atomic E-state index is 13.3. The van der Waals surface area contributed by atoms with Crippen molar-refractivity contribution < 1.29 is 9.53 Å². The first-order valence-electron chi connectivity index (χ1n) is 12.4. The summed E-state index contributed by atoms with van der Waals surface area (Å²) in [6.07, 6.45) is 6.72. The van der Waals surface area contributed by atoms with Crippen molar-refractivity contribution in [1.82, 2.24) is 14.8 Å². The minimum Gasteiger partial charge on any atom is -0.496 e. The highest BCUT2D eigenvalue weighted by molar-refractivity contribution is 5.95. The van der Waals surface area contributed by atoms with Crippen LogP contribution in [-0.4, -0.2) is 48.2 Å². The number of ether oxygens (including phenoxy) is 1. The van der Waals surface area contributed by atoms with Crippen molar-refractivity contribution in [2.75, 3.05) is 26.7 Å². The molecule has 1 aromatic heterocycles. The van der Waals surface area contributed by atoms with E-state index in [1.165, 1.54) is 38.8 Å². The SMILES string of the molecule is CCc1c(C(=O)NC[C@@H]2CCCN3CCCC[C@H]23)c(=O)cc(C)n1Cc1ccccc1OC. The third-order valence-corrected chi connectivity index (χ3v) is 7.46. The summed E-state index contributed by atoms with van der Waals surface area (Å²) in [6, 6.07) is 10.0. The maximum Gasteiger partial charge on any atom is 0.257 e. The van der Waals surface area contributed by atoms with Crippen molar-refractivity contribution in [1.29, 1.82) is 0 Å². The molecule has 1 amide bonds. The number of carbonyl (C=O) groups excluding carboxylic acids is 1. The number of carbonyl (C=O) groups is 1. The molecule has 4 rings (SSSR count). The van der Waals surface area contributed by atoms with Gasteiger partial charge in [-0.15, -0.1) is 0 Å². The van der Waals surface area contributed by atoms with Crippen molar-refractivity contribution in [3.63, 3.8) is 0 Å². The minimum absolute atomic E-state index is 0.193. The van der Waals surface area contributed by atoms with E-state index in [0.29, 0.717) is 31.5 Å². The number of fused-ring (bicyclic) bond motifs is 1. The fourth-order valence-corrected chi connectivity index (χ4v) is 5.79. The van der Waals surface area contributed by atoms with Gasteiger partial charge in [-0.3, -0.25) is 9.59 Å². The number of pyridine rings is 1. The molecule has 0 aliphatic carbocycles. The molecule has 2 fully saturated rings. The molecule has 2 aromatic rings. The summed E-state index contributed by atoms with van der Waals surface area (Å²) in [5.74, 6) is 1.03. The molecule has 0 saturated carbocycles. The molecule has 1 N–H and O–H groups in total. The Bertz CT molecular complexity index is 1040. The second-order valence-corrected chi connectivity index (χ2v) is 9.43. The summed E-state index contributed by atoms with van der Waals surface area (Å²) in [4.78, 5) is 28.9. The zero-order chi connectivity index (χ0) is 23.4. The molecule has 6 nitrogen and oxygen atoms in total. The number of para-hydroxylation sites is 1. The van der Waals surface area contributed by atoms with Crippen LogP contribution in [0.2, 0.25) is 0 Å². The third-order valence-electron chi connectivity index (χ3n) is 7.46. The molecule has 178 valence electrons. The maximum absolute atomic E-state index is 13.3. The number of nitrogens with zero attached hydrogens (tertiary/aromatic N) is 2. The van der Waals surface area contributed by atoms with Gasteiger partial charge in [-0.25, -0.2) is 0 Å². The lowest BCUT2D eigenvalue weighted by atomic mass is 9.83. The Morgan fingerprint density at radius 2 is 1.94 bits per heavy atom. The molecule has 2 aliphatic heterocycles. The Kier molecular flexibility index (Phi) is 7.53. The molecular weight excluding hydrogens is 414 g/mol. The highest BCUT2D eigenvalue weighted by Gasteiger charge is 2.33. The summed E-state index contributed by atoms with van der Waals surface area (Å²) in [5, 5.41) is 3.15. The average Bonchev–Trinajstić information content (AvgIpc) is 2.84. The summed E-state index contributed by atoms with van der Waals surface area (Å²) in [5.41, 5.74) is 2.75. The van der Waals surface area contributed by atoms with Crippen LogP contribution in [0.5, 0.6) is 5.75 Å². The number of piperidine rings is 2. The molecule has 2 aliphatic rings. The highest BCUT2D eigenvalue weighted by atomic mass is 16.5. The highest BCUT2D eigenvalue weighted by Crippen LogP contribution is 2.30. The van der Waals surface area contributed by atoms with Gasteiger partial charge in [-0.2, -0.15) is 0 Å². The number of aryl methyl sites for hydroxylation is 1. The van der Waals surface area contributed by atoms with Gasteiger partial charge in [0.15, 0.2) is 5.43 Å². The number of aromatic nitrogens is 1. The predicted molar refractivity (Wildman–Crippen MR) is 131 cm³/mol. The quantitative estimate of drug-likeness (QED) is 0.696. The Balaban J connectivity index is 1.57. The number of benzene rings is 1. The van der Waals surface area contributed by atoms with Gasteiger partial charge in [0.05, 0.1) is 13.7 Å². The molecule has 0 radical (unpaired) electrons. The van der Waals surface area contributed by atoms with Crippen LogP contribution in [0.4, 0.5) is 0 Å². The Hall–Kier alpha value is -2.60. The lowest BCUT2D eigenvalue weighted by Crippen LogP contribution is -2.51. The van der Waals surface area contributed by atoms with E-state index < -0.39 is 0 Å². The molecule has 2 saturated heterocycles. The van der Waals surface area contributed by atoms with Gasteiger partial charge in [0.1, 0.15) is 11.3 Å². The van der Waals surface area contributed by atoms with Gasteiger partial charge in [-0.1, -0.05) is 31.5 Å². The van der Waals surface area contributed by atoms with E-state index in [4.69, 9.17) is 4.74 Å². The van der Waals surface area contributed by atoms with E-state index in [0.717, 1.165) is 29.1 Å². The van der Waals surface area contributed by atoms with Crippen LogP contribution in [0.1, 0.15) is 66.3 Å².